The highest BCUT2D eigenvalue weighted by Crippen LogP contribution is 2.21. The SMILES string of the molecule is CCc1cc(NCc2n[nH]c(=O)[nH]2)nc(-c2ccc([N+](=O)[O-])cc2)n1. The van der Waals surface area contributed by atoms with Crippen LogP contribution in [0.4, 0.5) is 11.5 Å². The molecule has 3 aromatic rings. The second kappa shape index (κ2) is 6.91. The molecule has 1 aromatic carbocycles. The van der Waals surface area contributed by atoms with Crippen LogP contribution in [0.15, 0.2) is 35.1 Å². The molecule has 10 nitrogen and oxygen atoms in total. The maximum atomic E-state index is 11.0. The molecule has 0 aliphatic carbocycles. The van der Waals surface area contributed by atoms with Crippen molar-refractivity contribution in [2.75, 3.05) is 5.32 Å². The van der Waals surface area contributed by atoms with E-state index in [0.29, 0.717) is 36.0 Å². The largest absolute Gasteiger partial charge is 0.363 e. The van der Waals surface area contributed by atoms with Crippen LogP contribution in [0.1, 0.15) is 18.4 Å². The molecule has 3 rings (SSSR count). The van der Waals surface area contributed by atoms with Gasteiger partial charge in [-0.05, 0) is 18.6 Å². The summed E-state index contributed by atoms with van der Waals surface area (Å²) in [5.74, 6) is 1.50. The third-order valence-corrected chi connectivity index (χ3v) is 3.46. The first-order valence-corrected chi connectivity index (χ1v) is 7.55. The Morgan fingerprint density at radius 1 is 1.24 bits per heavy atom. The zero-order valence-corrected chi connectivity index (χ0v) is 13.3. The van der Waals surface area contributed by atoms with E-state index in [1.807, 2.05) is 6.92 Å². The van der Waals surface area contributed by atoms with Gasteiger partial charge in [-0.2, -0.15) is 5.10 Å². The average Bonchev–Trinajstić information content (AvgIpc) is 3.05. The second-order valence-electron chi connectivity index (χ2n) is 5.20. The lowest BCUT2D eigenvalue weighted by Crippen LogP contribution is -2.07. The number of nitro groups is 1. The first kappa shape index (κ1) is 16.3. The van der Waals surface area contributed by atoms with Crippen LogP contribution in [-0.4, -0.2) is 30.1 Å². The lowest BCUT2D eigenvalue weighted by atomic mass is 10.2. The molecule has 0 atom stereocenters. The van der Waals surface area contributed by atoms with Crippen LogP contribution in [0.2, 0.25) is 0 Å². The van der Waals surface area contributed by atoms with Crippen molar-refractivity contribution in [1.29, 1.82) is 0 Å². The summed E-state index contributed by atoms with van der Waals surface area (Å²) >= 11 is 0. The number of nitro benzene ring substituents is 1. The number of benzene rings is 1. The van der Waals surface area contributed by atoms with Crippen molar-refractivity contribution in [3.8, 4) is 11.4 Å². The van der Waals surface area contributed by atoms with Crippen LogP contribution in [0.3, 0.4) is 0 Å². The Balaban J connectivity index is 1.86. The third-order valence-electron chi connectivity index (χ3n) is 3.46. The van der Waals surface area contributed by atoms with Gasteiger partial charge in [0.05, 0.1) is 11.5 Å². The minimum Gasteiger partial charge on any atom is -0.363 e. The van der Waals surface area contributed by atoms with E-state index in [1.165, 1.54) is 12.1 Å². The standard InChI is InChI=1S/C15H15N7O3/c1-2-10-7-12(16-8-13-19-15(23)21-20-13)18-14(17-10)9-3-5-11(6-4-9)22(24)25/h3-7H,2,8H2,1H3,(H,16,17,18)(H2,19,20,21,23). The van der Waals surface area contributed by atoms with Gasteiger partial charge in [-0.1, -0.05) is 6.92 Å². The molecule has 25 heavy (non-hydrogen) atoms. The van der Waals surface area contributed by atoms with E-state index in [9.17, 15) is 14.9 Å². The normalized spacial score (nSPS) is 10.6. The fourth-order valence-electron chi connectivity index (χ4n) is 2.19. The first-order chi connectivity index (χ1) is 12.0. The molecule has 0 aliphatic heterocycles. The van der Waals surface area contributed by atoms with Crippen LogP contribution in [0.25, 0.3) is 11.4 Å². The Labute approximate surface area is 141 Å². The van der Waals surface area contributed by atoms with Gasteiger partial charge in [-0.25, -0.2) is 19.9 Å². The van der Waals surface area contributed by atoms with Crippen molar-refractivity contribution < 1.29 is 4.92 Å². The summed E-state index contributed by atoms with van der Waals surface area (Å²) in [7, 11) is 0. The van der Waals surface area contributed by atoms with Crippen molar-refractivity contribution in [2.45, 2.75) is 19.9 Å². The van der Waals surface area contributed by atoms with Gasteiger partial charge in [0.15, 0.2) is 5.82 Å². The lowest BCUT2D eigenvalue weighted by molar-refractivity contribution is -0.384. The minimum absolute atomic E-state index is 0.0104. The van der Waals surface area contributed by atoms with E-state index in [1.54, 1.807) is 18.2 Å². The van der Waals surface area contributed by atoms with Gasteiger partial charge >= 0.3 is 5.69 Å². The third kappa shape index (κ3) is 3.86. The monoisotopic (exact) mass is 341 g/mol. The molecule has 2 heterocycles. The number of nitrogens with zero attached hydrogens (tertiary/aromatic N) is 4. The van der Waals surface area contributed by atoms with Crippen LogP contribution in [0.5, 0.6) is 0 Å². The number of aromatic amines is 2. The van der Waals surface area contributed by atoms with E-state index in [2.05, 4.69) is 30.5 Å². The summed E-state index contributed by atoms with van der Waals surface area (Å²) in [5, 5.41) is 19.9. The highest BCUT2D eigenvalue weighted by atomic mass is 16.6. The smallest absolute Gasteiger partial charge is 0.340 e. The predicted molar refractivity (Wildman–Crippen MR) is 90.0 cm³/mol. The Morgan fingerprint density at radius 3 is 2.60 bits per heavy atom. The van der Waals surface area contributed by atoms with E-state index < -0.39 is 4.92 Å². The minimum atomic E-state index is -0.454. The number of non-ortho nitro benzene ring substituents is 1. The number of rotatable bonds is 6. The van der Waals surface area contributed by atoms with Gasteiger partial charge in [-0.3, -0.25) is 15.1 Å². The van der Waals surface area contributed by atoms with Crippen molar-refractivity contribution >= 4 is 11.5 Å². The molecule has 0 unspecified atom stereocenters. The van der Waals surface area contributed by atoms with Gasteiger partial charge in [0, 0.05) is 29.5 Å². The molecule has 0 fully saturated rings. The molecular weight excluding hydrogens is 326 g/mol. The number of H-pyrrole nitrogens is 2. The maximum absolute atomic E-state index is 11.0. The van der Waals surface area contributed by atoms with Gasteiger partial charge in [0.25, 0.3) is 5.69 Å². The maximum Gasteiger partial charge on any atom is 0.340 e. The Hall–Kier alpha value is -3.56. The summed E-state index contributed by atoms with van der Waals surface area (Å²) in [5.41, 5.74) is 1.13. The quantitative estimate of drug-likeness (QED) is 0.457. The summed E-state index contributed by atoms with van der Waals surface area (Å²) in [6, 6.07) is 7.86. The van der Waals surface area contributed by atoms with Crippen LogP contribution in [-0.2, 0) is 13.0 Å². The topological polar surface area (TPSA) is 142 Å². The molecule has 128 valence electrons. The molecule has 0 radical (unpaired) electrons. The molecule has 0 bridgehead atoms. The lowest BCUT2D eigenvalue weighted by Gasteiger charge is -2.08. The van der Waals surface area contributed by atoms with E-state index >= 15 is 0 Å². The van der Waals surface area contributed by atoms with Gasteiger partial charge in [0.1, 0.15) is 11.6 Å². The van der Waals surface area contributed by atoms with Crippen molar-refractivity contribution in [3.05, 3.63) is 62.4 Å². The highest BCUT2D eigenvalue weighted by Gasteiger charge is 2.10. The van der Waals surface area contributed by atoms with Crippen molar-refractivity contribution in [2.24, 2.45) is 0 Å². The Morgan fingerprint density at radius 2 is 2.00 bits per heavy atom. The fraction of sp³-hybridized carbons (Fsp3) is 0.200. The van der Waals surface area contributed by atoms with Gasteiger partial charge in [0.2, 0.25) is 0 Å². The van der Waals surface area contributed by atoms with Crippen LogP contribution < -0.4 is 11.0 Å². The van der Waals surface area contributed by atoms with Crippen molar-refractivity contribution in [1.82, 2.24) is 25.1 Å². The number of aryl methyl sites for hydroxylation is 1. The molecule has 0 amide bonds. The Kier molecular flexibility index (Phi) is 4.50. The number of anilines is 1. The molecule has 0 saturated heterocycles. The summed E-state index contributed by atoms with van der Waals surface area (Å²) in [6.45, 7) is 2.26. The zero-order valence-electron chi connectivity index (χ0n) is 13.3. The molecule has 0 spiro atoms. The Bertz CT molecular complexity index is 946. The number of aromatic nitrogens is 5. The van der Waals surface area contributed by atoms with E-state index in [0.717, 1.165) is 5.69 Å². The molecule has 3 N–H and O–H groups in total. The molecule has 2 aromatic heterocycles. The second-order valence-corrected chi connectivity index (χ2v) is 5.20. The predicted octanol–water partition coefficient (Wildman–Crippen LogP) is 1.64. The van der Waals surface area contributed by atoms with E-state index in [4.69, 9.17) is 0 Å². The summed E-state index contributed by atoms with van der Waals surface area (Å²) < 4.78 is 0. The van der Waals surface area contributed by atoms with Gasteiger partial charge in [-0.15, -0.1) is 0 Å². The number of nitrogens with one attached hydrogen (secondary N) is 3. The van der Waals surface area contributed by atoms with E-state index in [-0.39, 0.29) is 11.4 Å². The van der Waals surface area contributed by atoms with Gasteiger partial charge < -0.3 is 5.32 Å². The number of hydrogen-bond donors (Lipinski definition) is 3. The summed E-state index contributed by atoms with van der Waals surface area (Å²) in [6.07, 6.45) is 0.705. The van der Waals surface area contributed by atoms with Crippen molar-refractivity contribution in [3.63, 3.8) is 0 Å². The highest BCUT2D eigenvalue weighted by molar-refractivity contribution is 5.59. The van der Waals surface area contributed by atoms with Crippen LogP contribution in [0, 0.1) is 10.1 Å². The van der Waals surface area contributed by atoms with Crippen LogP contribution >= 0.6 is 0 Å². The zero-order chi connectivity index (χ0) is 17.8. The first-order valence-electron chi connectivity index (χ1n) is 7.55. The average molecular weight is 341 g/mol. The fourth-order valence-corrected chi connectivity index (χ4v) is 2.19. The number of hydrogen-bond acceptors (Lipinski definition) is 7. The molecule has 0 saturated carbocycles. The molecule has 0 aliphatic rings. The molecule has 10 heteroatoms. The summed E-state index contributed by atoms with van der Waals surface area (Å²) in [4.78, 5) is 32.8. The molecular formula is C15H15N7O3.